The summed E-state index contributed by atoms with van der Waals surface area (Å²) < 4.78 is 27.8. The van der Waals surface area contributed by atoms with Crippen LogP contribution in [-0.2, 0) is 16.4 Å². The molecule has 1 aliphatic heterocycles. The first-order valence-electron chi connectivity index (χ1n) is 8.01. The fourth-order valence-electron chi connectivity index (χ4n) is 3.05. The molecule has 6 nitrogen and oxygen atoms in total. The van der Waals surface area contributed by atoms with Crippen LogP contribution < -0.4 is 14.9 Å². The van der Waals surface area contributed by atoms with E-state index >= 15 is 0 Å². The maximum Gasteiger partial charge on any atom is 0.321 e. The summed E-state index contributed by atoms with van der Waals surface area (Å²) >= 11 is 0. The van der Waals surface area contributed by atoms with E-state index in [0.717, 1.165) is 12.0 Å². The molecule has 0 radical (unpaired) electrons. The summed E-state index contributed by atoms with van der Waals surface area (Å²) in [7, 11) is -3.68. The van der Waals surface area contributed by atoms with E-state index in [9.17, 15) is 13.2 Å². The van der Waals surface area contributed by atoms with Crippen molar-refractivity contribution < 1.29 is 13.2 Å². The van der Waals surface area contributed by atoms with Crippen molar-refractivity contribution >= 4 is 33.5 Å². The number of nitrogens with one attached hydrogen (secondary N) is 2. The lowest BCUT2D eigenvalue weighted by Gasteiger charge is -2.15. The third-order valence-corrected chi connectivity index (χ3v) is 5.75. The average Bonchev–Trinajstić information content (AvgIpc) is 3.23. The van der Waals surface area contributed by atoms with E-state index < -0.39 is 10.0 Å². The molecular formula is C18H17N3O3S. The van der Waals surface area contributed by atoms with Crippen molar-refractivity contribution in [1.82, 2.24) is 5.32 Å². The first-order valence-corrected chi connectivity index (χ1v) is 9.49. The van der Waals surface area contributed by atoms with Gasteiger partial charge in [-0.15, -0.1) is 0 Å². The van der Waals surface area contributed by atoms with Gasteiger partial charge in [-0.25, -0.2) is 13.2 Å². The second-order valence-electron chi connectivity index (χ2n) is 6.00. The Kier molecular flexibility index (Phi) is 3.73. The molecule has 2 aliphatic rings. The van der Waals surface area contributed by atoms with E-state index in [0.29, 0.717) is 24.5 Å². The smallest absolute Gasteiger partial charge is 0.321 e. The summed E-state index contributed by atoms with van der Waals surface area (Å²) in [5.41, 5.74) is 3.44. The highest BCUT2D eigenvalue weighted by Gasteiger charge is 2.22. The molecule has 1 heterocycles. The molecule has 0 atom stereocenters. The molecule has 0 aromatic heterocycles. The van der Waals surface area contributed by atoms with E-state index in [1.807, 2.05) is 18.2 Å². The highest BCUT2D eigenvalue weighted by molar-refractivity contribution is 7.92. The Morgan fingerprint density at radius 1 is 1.08 bits per heavy atom. The van der Waals surface area contributed by atoms with Crippen LogP contribution in [0.3, 0.4) is 0 Å². The van der Waals surface area contributed by atoms with Crippen LogP contribution in [0, 0.1) is 0 Å². The van der Waals surface area contributed by atoms with Crippen molar-refractivity contribution in [3.8, 4) is 0 Å². The standard InChI is InChI=1S/C18H17N3O3S/c22-18-19-10-11-21(18)16-6-8-17(9-7-16)25(23,24)20-15-5-4-13-2-1-3-14(13)12-15/h1,3-9,12,20H,2,10-11H2,(H,19,22). The summed E-state index contributed by atoms with van der Waals surface area (Å²) in [6.07, 6.45) is 4.92. The molecule has 128 valence electrons. The van der Waals surface area contributed by atoms with Crippen molar-refractivity contribution in [2.45, 2.75) is 11.3 Å². The Morgan fingerprint density at radius 2 is 1.88 bits per heavy atom. The van der Waals surface area contributed by atoms with Crippen LogP contribution in [0.5, 0.6) is 0 Å². The van der Waals surface area contributed by atoms with E-state index in [1.165, 1.54) is 17.7 Å². The monoisotopic (exact) mass is 355 g/mol. The minimum Gasteiger partial charge on any atom is -0.336 e. The fourth-order valence-corrected chi connectivity index (χ4v) is 4.10. The minimum absolute atomic E-state index is 0.159. The number of amides is 2. The van der Waals surface area contributed by atoms with Gasteiger partial charge in [0.15, 0.2) is 0 Å². The number of rotatable bonds is 4. The normalized spacial score (nSPS) is 16.0. The van der Waals surface area contributed by atoms with Gasteiger partial charge in [-0.1, -0.05) is 18.2 Å². The van der Waals surface area contributed by atoms with Gasteiger partial charge in [-0.2, -0.15) is 0 Å². The molecule has 7 heteroatoms. The van der Waals surface area contributed by atoms with Crippen LogP contribution in [0.15, 0.2) is 53.4 Å². The number of carbonyl (C=O) groups excluding carboxylic acids is 1. The van der Waals surface area contributed by atoms with Gasteiger partial charge in [0.2, 0.25) is 0 Å². The maximum atomic E-state index is 12.6. The molecule has 2 amide bonds. The predicted molar refractivity (Wildman–Crippen MR) is 97.2 cm³/mol. The highest BCUT2D eigenvalue weighted by Crippen LogP contribution is 2.25. The van der Waals surface area contributed by atoms with E-state index in [-0.39, 0.29) is 10.9 Å². The van der Waals surface area contributed by atoms with Gasteiger partial charge in [-0.3, -0.25) is 9.62 Å². The molecule has 1 aliphatic carbocycles. The number of fused-ring (bicyclic) bond motifs is 1. The van der Waals surface area contributed by atoms with Crippen molar-refractivity contribution in [3.05, 3.63) is 59.7 Å². The summed E-state index contributed by atoms with van der Waals surface area (Å²) in [6.45, 7) is 1.17. The second-order valence-corrected chi connectivity index (χ2v) is 7.69. The molecule has 4 rings (SSSR count). The zero-order chi connectivity index (χ0) is 17.4. The van der Waals surface area contributed by atoms with Crippen LogP contribution in [0.4, 0.5) is 16.2 Å². The van der Waals surface area contributed by atoms with Gasteiger partial charge in [0.25, 0.3) is 10.0 Å². The number of allylic oxidation sites excluding steroid dienone is 1. The summed E-state index contributed by atoms with van der Waals surface area (Å²) in [6, 6.07) is 11.7. The van der Waals surface area contributed by atoms with Crippen molar-refractivity contribution in [1.29, 1.82) is 0 Å². The number of sulfonamides is 1. The van der Waals surface area contributed by atoms with Crippen LogP contribution in [0.25, 0.3) is 6.08 Å². The predicted octanol–water partition coefficient (Wildman–Crippen LogP) is 2.59. The molecule has 0 saturated carbocycles. The number of benzene rings is 2. The molecule has 2 N–H and O–H groups in total. The minimum atomic E-state index is -3.68. The average molecular weight is 355 g/mol. The summed E-state index contributed by atoms with van der Waals surface area (Å²) in [5.74, 6) is 0. The summed E-state index contributed by atoms with van der Waals surface area (Å²) in [4.78, 5) is 13.4. The second kappa shape index (κ2) is 5.93. The van der Waals surface area contributed by atoms with E-state index in [2.05, 4.69) is 16.1 Å². The van der Waals surface area contributed by atoms with Gasteiger partial charge in [0, 0.05) is 24.5 Å². The molecule has 2 aromatic carbocycles. The van der Waals surface area contributed by atoms with Gasteiger partial charge in [0.05, 0.1) is 4.90 Å². The van der Waals surface area contributed by atoms with Gasteiger partial charge < -0.3 is 5.32 Å². The topological polar surface area (TPSA) is 78.5 Å². The first kappa shape index (κ1) is 15.7. The third kappa shape index (κ3) is 2.98. The number of hydrogen-bond donors (Lipinski definition) is 2. The first-order chi connectivity index (χ1) is 12.0. The Morgan fingerprint density at radius 3 is 2.60 bits per heavy atom. The van der Waals surface area contributed by atoms with Crippen LogP contribution >= 0.6 is 0 Å². The lowest BCUT2D eigenvalue weighted by molar-refractivity contribution is 0.252. The Labute approximate surface area is 146 Å². The Balaban J connectivity index is 1.55. The zero-order valence-corrected chi connectivity index (χ0v) is 14.2. The molecule has 25 heavy (non-hydrogen) atoms. The van der Waals surface area contributed by atoms with Crippen molar-refractivity contribution in [2.24, 2.45) is 0 Å². The number of nitrogens with zero attached hydrogens (tertiary/aromatic N) is 1. The Hall–Kier alpha value is -2.80. The third-order valence-electron chi connectivity index (χ3n) is 4.35. The number of hydrogen-bond acceptors (Lipinski definition) is 3. The number of urea groups is 1. The van der Waals surface area contributed by atoms with Gasteiger partial charge >= 0.3 is 6.03 Å². The van der Waals surface area contributed by atoms with Crippen molar-refractivity contribution in [2.75, 3.05) is 22.7 Å². The molecule has 1 fully saturated rings. The number of carbonyl (C=O) groups is 1. The Bertz CT molecular complexity index is 966. The lowest BCUT2D eigenvalue weighted by atomic mass is 10.1. The molecule has 0 bridgehead atoms. The lowest BCUT2D eigenvalue weighted by Crippen LogP contribution is -2.27. The van der Waals surface area contributed by atoms with Crippen LogP contribution in [-0.4, -0.2) is 27.5 Å². The van der Waals surface area contributed by atoms with Crippen molar-refractivity contribution in [3.63, 3.8) is 0 Å². The van der Waals surface area contributed by atoms with E-state index in [1.54, 1.807) is 23.1 Å². The molecular weight excluding hydrogens is 338 g/mol. The van der Waals surface area contributed by atoms with Crippen LogP contribution in [0.2, 0.25) is 0 Å². The maximum absolute atomic E-state index is 12.6. The SMILES string of the molecule is O=C1NCCN1c1ccc(S(=O)(=O)Nc2ccc3c(c2)C=CC3)cc1. The van der Waals surface area contributed by atoms with Crippen LogP contribution in [0.1, 0.15) is 11.1 Å². The highest BCUT2D eigenvalue weighted by atomic mass is 32.2. The number of anilines is 2. The zero-order valence-electron chi connectivity index (χ0n) is 13.4. The largest absolute Gasteiger partial charge is 0.336 e. The fraction of sp³-hybridized carbons (Fsp3) is 0.167. The molecule has 1 saturated heterocycles. The van der Waals surface area contributed by atoms with E-state index in [4.69, 9.17) is 0 Å². The molecule has 0 unspecified atom stereocenters. The summed E-state index contributed by atoms with van der Waals surface area (Å²) in [5, 5.41) is 2.72. The molecule has 2 aromatic rings. The van der Waals surface area contributed by atoms with Gasteiger partial charge in [-0.05, 0) is 53.9 Å². The van der Waals surface area contributed by atoms with Gasteiger partial charge in [0.1, 0.15) is 0 Å². The quantitative estimate of drug-likeness (QED) is 0.885. The molecule has 0 spiro atoms.